The Morgan fingerprint density at radius 3 is 2.54 bits per heavy atom. The number of methoxy groups -OCH3 is 1. The third-order valence-corrected chi connectivity index (χ3v) is 4.53. The predicted octanol–water partition coefficient (Wildman–Crippen LogP) is 2.86. The molecule has 0 aliphatic carbocycles. The Morgan fingerprint density at radius 1 is 1.23 bits per heavy atom. The summed E-state index contributed by atoms with van der Waals surface area (Å²) < 4.78 is 10.6. The zero-order chi connectivity index (χ0) is 18.9. The maximum atomic E-state index is 12.2. The molecule has 1 amide bonds. The van der Waals surface area contributed by atoms with Crippen LogP contribution in [-0.4, -0.2) is 51.9 Å². The first-order valence-corrected chi connectivity index (χ1v) is 8.71. The van der Waals surface area contributed by atoms with Crippen LogP contribution in [0.25, 0.3) is 10.9 Å². The van der Waals surface area contributed by atoms with Crippen LogP contribution in [-0.2, 0) is 10.3 Å². The highest BCUT2D eigenvalue weighted by atomic mass is 16.6. The molecule has 1 aromatic heterocycles. The summed E-state index contributed by atoms with van der Waals surface area (Å²) in [7, 11) is 1.60. The van der Waals surface area contributed by atoms with Gasteiger partial charge in [0.1, 0.15) is 23.3 Å². The van der Waals surface area contributed by atoms with E-state index in [4.69, 9.17) is 9.47 Å². The lowest BCUT2D eigenvalue weighted by Crippen LogP contribution is -2.47. The number of aromatic nitrogens is 2. The average Bonchev–Trinajstić information content (AvgIpc) is 2.59. The molecule has 140 valence electrons. The fourth-order valence-electron chi connectivity index (χ4n) is 3.16. The summed E-state index contributed by atoms with van der Waals surface area (Å²) in [4.78, 5) is 22.5. The first-order chi connectivity index (χ1) is 12.2. The molecule has 26 heavy (non-hydrogen) atoms. The number of aliphatic hydroxyl groups is 1. The molecule has 0 atom stereocenters. The van der Waals surface area contributed by atoms with Crippen molar-refractivity contribution in [2.75, 3.05) is 20.2 Å². The van der Waals surface area contributed by atoms with E-state index in [0.29, 0.717) is 37.4 Å². The Hall–Kier alpha value is -2.41. The maximum absolute atomic E-state index is 12.2. The van der Waals surface area contributed by atoms with E-state index in [2.05, 4.69) is 9.97 Å². The van der Waals surface area contributed by atoms with Gasteiger partial charge in [-0.25, -0.2) is 14.8 Å². The number of fused-ring (bicyclic) bond motifs is 1. The minimum atomic E-state index is -1.10. The molecule has 0 spiro atoms. The second-order valence-electron chi connectivity index (χ2n) is 7.60. The molecule has 2 heterocycles. The fourth-order valence-corrected chi connectivity index (χ4v) is 3.16. The number of amides is 1. The third kappa shape index (κ3) is 3.72. The van der Waals surface area contributed by atoms with Gasteiger partial charge in [0.25, 0.3) is 0 Å². The van der Waals surface area contributed by atoms with Gasteiger partial charge in [-0.2, -0.15) is 0 Å². The van der Waals surface area contributed by atoms with Crippen LogP contribution in [0.15, 0.2) is 24.5 Å². The van der Waals surface area contributed by atoms with Gasteiger partial charge in [0, 0.05) is 24.5 Å². The molecular formula is C19H25N3O4. The molecule has 7 heteroatoms. The Balaban J connectivity index is 1.81. The molecule has 1 aromatic carbocycles. The molecule has 1 saturated heterocycles. The Bertz CT molecular complexity index is 808. The Morgan fingerprint density at radius 2 is 1.92 bits per heavy atom. The summed E-state index contributed by atoms with van der Waals surface area (Å²) in [6.45, 7) is 6.34. The van der Waals surface area contributed by atoms with Crippen LogP contribution < -0.4 is 4.74 Å². The Labute approximate surface area is 153 Å². The molecule has 0 radical (unpaired) electrons. The number of benzene rings is 1. The van der Waals surface area contributed by atoms with E-state index in [0.717, 1.165) is 10.9 Å². The summed E-state index contributed by atoms with van der Waals surface area (Å²) in [5, 5.41) is 12.0. The zero-order valence-electron chi connectivity index (χ0n) is 15.7. The molecule has 1 fully saturated rings. The number of rotatable bonds is 2. The smallest absolute Gasteiger partial charge is 0.410 e. The third-order valence-electron chi connectivity index (χ3n) is 4.53. The highest BCUT2D eigenvalue weighted by Gasteiger charge is 2.39. The van der Waals surface area contributed by atoms with Crippen LogP contribution >= 0.6 is 0 Å². The van der Waals surface area contributed by atoms with Crippen molar-refractivity contribution >= 4 is 17.0 Å². The summed E-state index contributed by atoms with van der Waals surface area (Å²) in [5.74, 6) is 0.703. The number of ether oxygens (including phenoxy) is 2. The number of likely N-dealkylation sites (tertiary alicyclic amines) is 1. The molecule has 1 aliphatic heterocycles. The van der Waals surface area contributed by atoms with Crippen LogP contribution in [0.1, 0.15) is 39.3 Å². The molecule has 0 unspecified atom stereocenters. The van der Waals surface area contributed by atoms with Gasteiger partial charge >= 0.3 is 6.09 Å². The molecule has 3 rings (SSSR count). The second kappa shape index (κ2) is 6.72. The summed E-state index contributed by atoms with van der Waals surface area (Å²) in [5.41, 5.74) is -0.326. The minimum Gasteiger partial charge on any atom is -0.497 e. The van der Waals surface area contributed by atoms with E-state index < -0.39 is 11.2 Å². The van der Waals surface area contributed by atoms with Crippen molar-refractivity contribution in [3.63, 3.8) is 0 Å². The standard InChI is InChI=1S/C19H25N3O4/c1-18(2,3)26-17(23)22-9-7-19(24,8-10-22)16-14-6-5-13(25-4)11-15(14)20-12-21-16/h5-6,11-12,24H,7-10H2,1-4H3. The van der Waals surface area contributed by atoms with Crippen molar-refractivity contribution in [1.82, 2.24) is 14.9 Å². The lowest BCUT2D eigenvalue weighted by Gasteiger charge is -2.38. The molecule has 0 bridgehead atoms. The molecule has 1 aliphatic rings. The predicted molar refractivity (Wildman–Crippen MR) is 97.0 cm³/mol. The second-order valence-corrected chi connectivity index (χ2v) is 7.60. The summed E-state index contributed by atoms with van der Waals surface area (Å²) in [6.07, 6.45) is 1.89. The van der Waals surface area contributed by atoms with Gasteiger partial charge in [-0.05, 0) is 45.7 Å². The van der Waals surface area contributed by atoms with E-state index in [1.807, 2.05) is 39.0 Å². The van der Waals surface area contributed by atoms with Gasteiger partial charge in [-0.15, -0.1) is 0 Å². The largest absolute Gasteiger partial charge is 0.497 e. The highest BCUT2D eigenvalue weighted by Crippen LogP contribution is 2.36. The first kappa shape index (κ1) is 18.4. The van der Waals surface area contributed by atoms with Crippen LogP contribution in [0, 0.1) is 0 Å². The van der Waals surface area contributed by atoms with E-state index in [-0.39, 0.29) is 6.09 Å². The number of carbonyl (C=O) groups is 1. The van der Waals surface area contributed by atoms with Gasteiger partial charge < -0.3 is 19.5 Å². The molecule has 2 aromatic rings. The quantitative estimate of drug-likeness (QED) is 0.887. The lowest BCUT2D eigenvalue weighted by molar-refractivity contribution is -0.0372. The van der Waals surface area contributed by atoms with Crippen molar-refractivity contribution in [2.45, 2.75) is 44.8 Å². The van der Waals surface area contributed by atoms with Gasteiger partial charge in [0.2, 0.25) is 0 Å². The topological polar surface area (TPSA) is 84.8 Å². The van der Waals surface area contributed by atoms with Crippen LogP contribution in [0.5, 0.6) is 5.75 Å². The molecule has 7 nitrogen and oxygen atoms in total. The molecular weight excluding hydrogens is 334 g/mol. The van der Waals surface area contributed by atoms with Crippen LogP contribution in [0.4, 0.5) is 4.79 Å². The normalized spacial score (nSPS) is 17.2. The molecule has 0 saturated carbocycles. The first-order valence-electron chi connectivity index (χ1n) is 8.71. The lowest BCUT2D eigenvalue weighted by atomic mass is 9.86. The van der Waals surface area contributed by atoms with Gasteiger partial charge in [-0.3, -0.25) is 0 Å². The van der Waals surface area contributed by atoms with Crippen LogP contribution in [0.3, 0.4) is 0 Å². The van der Waals surface area contributed by atoms with Crippen molar-refractivity contribution in [3.8, 4) is 5.75 Å². The van der Waals surface area contributed by atoms with E-state index in [9.17, 15) is 9.90 Å². The Kier molecular flexibility index (Phi) is 4.75. The summed E-state index contributed by atoms with van der Waals surface area (Å²) in [6, 6.07) is 5.51. The fraction of sp³-hybridized carbons (Fsp3) is 0.526. The van der Waals surface area contributed by atoms with Crippen molar-refractivity contribution in [1.29, 1.82) is 0 Å². The number of hydrogen-bond acceptors (Lipinski definition) is 6. The average molecular weight is 359 g/mol. The summed E-state index contributed by atoms with van der Waals surface area (Å²) >= 11 is 0. The molecule has 1 N–H and O–H groups in total. The minimum absolute atomic E-state index is 0.350. The van der Waals surface area contributed by atoms with Gasteiger partial charge in [0.05, 0.1) is 18.3 Å². The number of carbonyl (C=O) groups excluding carboxylic acids is 1. The van der Waals surface area contributed by atoms with Crippen molar-refractivity contribution in [3.05, 3.63) is 30.2 Å². The van der Waals surface area contributed by atoms with Crippen molar-refractivity contribution < 1.29 is 19.4 Å². The van der Waals surface area contributed by atoms with Crippen molar-refractivity contribution in [2.24, 2.45) is 0 Å². The van der Waals surface area contributed by atoms with Gasteiger partial charge in [0.15, 0.2) is 0 Å². The maximum Gasteiger partial charge on any atom is 0.410 e. The SMILES string of the molecule is COc1ccc2c(C3(O)CCN(C(=O)OC(C)(C)C)CC3)ncnc2c1. The van der Waals surface area contributed by atoms with E-state index in [1.54, 1.807) is 12.0 Å². The van der Waals surface area contributed by atoms with Gasteiger partial charge in [-0.1, -0.05) is 0 Å². The van der Waals surface area contributed by atoms with E-state index >= 15 is 0 Å². The van der Waals surface area contributed by atoms with Crippen LogP contribution in [0.2, 0.25) is 0 Å². The monoisotopic (exact) mass is 359 g/mol. The van der Waals surface area contributed by atoms with E-state index in [1.165, 1.54) is 6.33 Å². The number of hydrogen-bond donors (Lipinski definition) is 1. The number of piperidine rings is 1. The zero-order valence-corrected chi connectivity index (χ0v) is 15.7. The number of nitrogens with zero attached hydrogens (tertiary/aromatic N) is 3. The highest BCUT2D eigenvalue weighted by molar-refractivity contribution is 5.83.